The van der Waals surface area contributed by atoms with E-state index in [-0.39, 0.29) is 28.1 Å². The van der Waals surface area contributed by atoms with Crippen molar-refractivity contribution in [2.45, 2.75) is 26.2 Å². The Morgan fingerprint density at radius 1 is 0.935 bits per heavy atom. The summed E-state index contributed by atoms with van der Waals surface area (Å²) in [6.07, 6.45) is 0. The first-order valence-electron chi connectivity index (χ1n) is 9.97. The van der Waals surface area contributed by atoms with Crippen LogP contribution >= 0.6 is 0 Å². The van der Waals surface area contributed by atoms with E-state index in [0.717, 1.165) is 5.56 Å². The fraction of sp³-hybridized carbons (Fsp3) is 0.154. The molecule has 4 nitrogen and oxygen atoms in total. The van der Waals surface area contributed by atoms with Gasteiger partial charge >= 0.3 is 0 Å². The average Bonchev–Trinajstić information content (AvgIpc) is 2.74. The average molecular weight is 415 g/mol. The van der Waals surface area contributed by atoms with Crippen molar-refractivity contribution in [3.63, 3.8) is 0 Å². The second kappa shape index (κ2) is 7.84. The lowest BCUT2D eigenvalue weighted by Gasteiger charge is -2.19. The molecule has 1 amide bonds. The van der Waals surface area contributed by atoms with Crippen LogP contribution in [0.5, 0.6) is 0 Å². The fourth-order valence-corrected chi connectivity index (χ4v) is 3.35. The highest BCUT2D eigenvalue weighted by atomic mass is 19.1. The Balaban J connectivity index is 1.62. The Morgan fingerprint density at radius 3 is 2.32 bits per heavy atom. The number of carbonyl (C=O) groups excluding carboxylic acids is 1. The van der Waals surface area contributed by atoms with Crippen molar-refractivity contribution in [1.82, 2.24) is 0 Å². The lowest BCUT2D eigenvalue weighted by molar-refractivity contribution is 0.102. The molecule has 1 heterocycles. The van der Waals surface area contributed by atoms with Crippen molar-refractivity contribution < 1.29 is 13.6 Å². The molecule has 4 aromatic rings. The van der Waals surface area contributed by atoms with Gasteiger partial charge in [0.2, 0.25) is 0 Å². The first-order valence-corrected chi connectivity index (χ1v) is 9.97. The summed E-state index contributed by atoms with van der Waals surface area (Å²) in [6, 6.07) is 19.6. The first kappa shape index (κ1) is 20.5. The number of anilines is 1. The quantitative estimate of drug-likeness (QED) is 0.437. The van der Waals surface area contributed by atoms with Gasteiger partial charge in [0, 0.05) is 17.3 Å². The van der Waals surface area contributed by atoms with E-state index in [1.54, 1.807) is 48.5 Å². The molecule has 0 bridgehead atoms. The second-order valence-electron chi connectivity index (χ2n) is 8.45. The third-order valence-electron chi connectivity index (χ3n) is 5.14. The molecule has 0 atom stereocenters. The summed E-state index contributed by atoms with van der Waals surface area (Å²) in [5.41, 5.74) is 2.36. The molecule has 1 N–H and O–H groups in total. The van der Waals surface area contributed by atoms with Gasteiger partial charge in [0.05, 0.1) is 10.9 Å². The summed E-state index contributed by atoms with van der Waals surface area (Å²) in [4.78, 5) is 25.2. The molecule has 5 heteroatoms. The Labute approximate surface area is 179 Å². The van der Waals surface area contributed by atoms with E-state index in [9.17, 15) is 14.0 Å². The number of rotatable bonds is 3. The van der Waals surface area contributed by atoms with E-state index >= 15 is 0 Å². The van der Waals surface area contributed by atoms with Gasteiger partial charge in [-0.2, -0.15) is 0 Å². The van der Waals surface area contributed by atoms with E-state index in [1.165, 1.54) is 12.1 Å². The van der Waals surface area contributed by atoms with Gasteiger partial charge in [0.1, 0.15) is 17.2 Å². The van der Waals surface area contributed by atoms with Gasteiger partial charge in [-0.1, -0.05) is 45.0 Å². The zero-order valence-corrected chi connectivity index (χ0v) is 17.5. The van der Waals surface area contributed by atoms with Crippen LogP contribution in [-0.4, -0.2) is 5.91 Å². The van der Waals surface area contributed by atoms with Crippen LogP contribution < -0.4 is 10.7 Å². The van der Waals surface area contributed by atoms with Gasteiger partial charge in [-0.15, -0.1) is 0 Å². The van der Waals surface area contributed by atoms with Crippen LogP contribution in [0.25, 0.3) is 22.3 Å². The Bertz CT molecular complexity index is 1330. The molecule has 0 aliphatic rings. The monoisotopic (exact) mass is 415 g/mol. The smallest absolute Gasteiger partial charge is 0.255 e. The number of fused-ring (bicyclic) bond motifs is 1. The van der Waals surface area contributed by atoms with E-state index in [1.807, 2.05) is 12.1 Å². The second-order valence-corrected chi connectivity index (χ2v) is 8.45. The van der Waals surface area contributed by atoms with Crippen LogP contribution in [0.15, 0.2) is 82.0 Å². The van der Waals surface area contributed by atoms with Crippen LogP contribution in [-0.2, 0) is 5.41 Å². The van der Waals surface area contributed by atoms with Crippen molar-refractivity contribution in [2.24, 2.45) is 0 Å². The molecular weight excluding hydrogens is 393 g/mol. The van der Waals surface area contributed by atoms with Gasteiger partial charge in [0.15, 0.2) is 5.43 Å². The van der Waals surface area contributed by atoms with Crippen molar-refractivity contribution in [3.05, 3.63) is 100.0 Å². The van der Waals surface area contributed by atoms with E-state index in [2.05, 4.69) is 26.1 Å². The highest BCUT2D eigenvalue weighted by molar-refractivity contribution is 6.05. The predicted octanol–water partition coefficient (Wildman–Crippen LogP) is 6.15. The normalized spacial score (nSPS) is 11.5. The molecule has 0 fully saturated rings. The third-order valence-corrected chi connectivity index (χ3v) is 5.14. The minimum Gasteiger partial charge on any atom is -0.456 e. The van der Waals surface area contributed by atoms with Gasteiger partial charge < -0.3 is 9.73 Å². The summed E-state index contributed by atoms with van der Waals surface area (Å²) >= 11 is 0. The number of amides is 1. The lowest BCUT2D eigenvalue weighted by atomic mass is 9.87. The van der Waals surface area contributed by atoms with E-state index in [4.69, 9.17) is 4.42 Å². The number of nitrogens with one attached hydrogen (secondary N) is 1. The first-order chi connectivity index (χ1) is 14.7. The molecular formula is C26H22FNO3. The SMILES string of the molecule is CC(C)(C)c1ccc(C(=O)Nc2ccc3oc(-c4ccccc4F)cc(=O)c3c2)cc1. The molecule has 0 aliphatic carbocycles. The summed E-state index contributed by atoms with van der Waals surface area (Å²) in [6.45, 7) is 6.33. The molecule has 0 aliphatic heterocycles. The fourth-order valence-electron chi connectivity index (χ4n) is 3.35. The highest BCUT2D eigenvalue weighted by Gasteiger charge is 2.15. The standard InChI is InChI=1S/C26H22FNO3/c1-26(2,3)17-10-8-16(9-11-17)25(30)28-18-12-13-23-20(14-18)22(29)15-24(31-23)19-6-4-5-7-21(19)27/h4-15H,1-3H3,(H,28,30). The topological polar surface area (TPSA) is 59.3 Å². The van der Waals surface area contributed by atoms with Gasteiger partial charge in [-0.05, 0) is 53.4 Å². The van der Waals surface area contributed by atoms with E-state index < -0.39 is 5.82 Å². The Kier molecular flexibility index (Phi) is 5.19. The predicted molar refractivity (Wildman–Crippen MR) is 121 cm³/mol. The summed E-state index contributed by atoms with van der Waals surface area (Å²) < 4.78 is 19.8. The number of hydrogen-bond acceptors (Lipinski definition) is 3. The van der Waals surface area contributed by atoms with Crippen molar-refractivity contribution in [1.29, 1.82) is 0 Å². The maximum absolute atomic E-state index is 14.1. The molecule has 3 aromatic carbocycles. The summed E-state index contributed by atoms with van der Waals surface area (Å²) in [5.74, 6) is -0.579. The highest BCUT2D eigenvalue weighted by Crippen LogP contribution is 2.26. The van der Waals surface area contributed by atoms with Crippen molar-refractivity contribution in [3.8, 4) is 11.3 Å². The molecule has 1 aromatic heterocycles. The summed E-state index contributed by atoms with van der Waals surface area (Å²) in [7, 11) is 0. The minimum atomic E-state index is -0.466. The van der Waals surface area contributed by atoms with Crippen LogP contribution in [0.2, 0.25) is 0 Å². The largest absolute Gasteiger partial charge is 0.456 e. The molecule has 0 saturated carbocycles. The van der Waals surface area contributed by atoms with Crippen LogP contribution in [0.3, 0.4) is 0 Å². The van der Waals surface area contributed by atoms with Crippen LogP contribution in [0.1, 0.15) is 36.7 Å². The maximum Gasteiger partial charge on any atom is 0.255 e. The summed E-state index contributed by atoms with van der Waals surface area (Å²) in [5, 5.41) is 3.12. The maximum atomic E-state index is 14.1. The minimum absolute atomic E-state index is 0.00287. The van der Waals surface area contributed by atoms with Gasteiger partial charge in [0.25, 0.3) is 5.91 Å². The van der Waals surface area contributed by atoms with Gasteiger partial charge in [-0.25, -0.2) is 4.39 Å². The van der Waals surface area contributed by atoms with Crippen LogP contribution in [0, 0.1) is 5.82 Å². The van der Waals surface area contributed by atoms with Crippen LogP contribution in [0.4, 0.5) is 10.1 Å². The molecule has 4 rings (SSSR count). The molecule has 31 heavy (non-hydrogen) atoms. The number of benzene rings is 3. The molecule has 0 saturated heterocycles. The van der Waals surface area contributed by atoms with Crippen molar-refractivity contribution in [2.75, 3.05) is 5.32 Å². The molecule has 0 unspecified atom stereocenters. The molecule has 0 spiro atoms. The number of hydrogen-bond donors (Lipinski definition) is 1. The van der Waals surface area contributed by atoms with Gasteiger partial charge in [-0.3, -0.25) is 9.59 Å². The van der Waals surface area contributed by atoms with Crippen molar-refractivity contribution >= 4 is 22.6 Å². The zero-order chi connectivity index (χ0) is 22.2. The number of halogens is 1. The zero-order valence-electron chi connectivity index (χ0n) is 17.5. The Hall–Kier alpha value is -3.73. The number of carbonyl (C=O) groups is 1. The van der Waals surface area contributed by atoms with E-state index in [0.29, 0.717) is 22.2 Å². The Morgan fingerprint density at radius 2 is 1.65 bits per heavy atom. The molecule has 156 valence electrons. The molecule has 0 radical (unpaired) electrons. The lowest BCUT2D eigenvalue weighted by Crippen LogP contribution is -2.14. The third kappa shape index (κ3) is 4.26.